The summed E-state index contributed by atoms with van der Waals surface area (Å²) < 4.78 is 0. The Morgan fingerprint density at radius 2 is 1.79 bits per heavy atom. The molecule has 1 nitrogen and oxygen atoms in total. The lowest BCUT2D eigenvalue weighted by Crippen LogP contribution is -2.28. The molecule has 0 spiro atoms. The Morgan fingerprint density at radius 3 is 2.50 bits per heavy atom. The van der Waals surface area contributed by atoms with Gasteiger partial charge < -0.3 is 0 Å². The van der Waals surface area contributed by atoms with Gasteiger partial charge in [0, 0.05) is 16.2 Å². The van der Waals surface area contributed by atoms with Gasteiger partial charge in [-0.1, -0.05) is 31.0 Å². The summed E-state index contributed by atoms with van der Waals surface area (Å²) in [4.78, 5) is 1.32. The maximum absolute atomic E-state index is 7.96. The van der Waals surface area contributed by atoms with Gasteiger partial charge in [0.05, 0.1) is 0 Å². The van der Waals surface area contributed by atoms with Gasteiger partial charge in [-0.3, -0.25) is 5.73 Å². The van der Waals surface area contributed by atoms with Crippen molar-refractivity contribution in [3.05, 3.63) is 30.3 Å². The molecular weight excluding hydrogens is 190 g/mol. The van der Waals surface area contributed by atoms with Gasteiger partial charge in [0.2, 0.25) is 0 Å². The Labute approximate surface area is 90.1 Å². The third-order valence-electron chi connectivity index (χ3n) is 2.73. The molecule has 2 atom stereocenters. The summed E-state index contributed by atoms with van der Waals surface area (Å²) in [6, 6.07) is 10.6. The van der Waals surface area contributed by atoms with E-state index in [4.69, 9.17) is 5.73 Å². The maximum atomic E-state index is 7.96. The van der Waals surface area contributed by atoms with Crippen LogP contribution in [0.15, 0.2) is 35.2 Å². The van der Waals surface area contributed by atoms with Gasteiger partial charge >= 0.3 is 0 Å². The number of benzene rings is 1. The largest absolute Gasteiger partial charge is 0.253 e. The predicted octanol–water partition coefficient (Wildman–Crippen LogP) is 3.37. The molecule has 1 fully saturated rings. The van der Waals surface area contributed by atoms with Crippen LogP contribution < -0.4 is 5.73 Å². The number of thioether (sulfide) groups is 1. The van der Waals surface area contributed by atoms with Gasteiger partial charge in [-0.25, -0.2) is 0 Å². The molecule has 1 aromatic rings. The molecule has 0 bridgehead atoms. The van der Waals surface area contributed by atoms with E-state index in [1.165, 1.54) is 24.2 Å². The second-order valence-corrected chi connectivity index (χ2v) is 5.17. The SMILES string of the molecule is [NH][C@H]1CCCC[C@H]1Sc1ccccc1. The minimum absolute atomic E-state index is 0.147. The van der Waals surface area contributed by atoms with E-state index in [-0.39, 0.29) is 6.04 Å². The van der Waals surface area contributed by atoms with E-state index in [0.29, 0.717) is 5.25 Å². The van der Waals surface area contributed by atoms with Crippen LogP contribution >= 0.6 is 11.8 Å². The van der Waals surface area contributed by atoms with Crippen molar-refractivity contribution >= 4 is 11.8 Å². The van der Waals surface area contributed by atoms with Gasteiger partial charge in [0.15, 0.2) is 0 Å². The minimum atomic E-state index is 0.147. The monoisotopic (exact) mass is 206 g/mol. The van der Waals surface area contributed by atoms with Crippen molar-refractivity contribution in [1.82, 2.24) is 5.73 Å². The first kappa shape index (κ1) is 10.1. The van der Waals surface area contributed by atoms with Crippen molar-refractivity contribution < 1.29 is 0 Å². The van der Waals surface area contributed by atoms with E-state index < -0.39 is 0 Å². The third kappa shape index (κ3) is 2.52. The number of hydrogen-bond donors (Lipinski definition) is 0. The van der Waals surface area contributed by atoms with E-state index in [0.717, 1.165) is 6.42 Å². The normalized spacial score (nSPS) is 27.5. The van der Waals surface area contributed by atoms with Crippen LogP contribution in [0.25, 0.3) is 0 Å². The van der Waals surface area contributed by atoms with Gasteiger partial charge in [-0.05, 0) is 25.0 Å². The second kappa shape index (κ2) is 4.85. The molecule has 2 rings (SSSR count). The molecule has 0 heterocycles. The topological polar surface area (TPSA) is 23.8 Å². The fourth-order valence-corrected chi connectivity index (χ4v) is 3.16. The Hall–Kier alpha value is -0.470. The van der Waals surface area contributed by atoms with E-state index in [1.54, 1.807) is 0 Å². The van der Waals surface area contributed by atoms with Crippen LogP contribution in [-0.2, 0) is 0 Å². The molecule has 1 aromatic carbocycles. The van der Waals surface area contributed by atoms with Gasteiger partial charge in [-0.15, -0.1) is 11.8 Å². The van der Waals surface area contributed by atoms with E-state index in [9.17, 15) is 0 Å². The Balaban J connectivity index is 1.96. The smallest absolute Gasteiger partial charge is 0.0335 e. The van der Waals surface area contributed by atoms with Crippen molar-refractivity contribution in [2.45, 2.75) is 41.9 Å². The van der Waals surface area contributed by atoms with Crippen LogP contribution in [0, 0.1) is 0 Å². The predicted molar refractivity (Wildman–Crippen MR) is 61.4 cm³/mol. The summed E-state index contributed by atoms with van der Waals surface area (Å²) in [6.07, 6.45) is 4.86. The average molecular weight is 206 g/mol. The fourth-order valence-electron chi connectivity index (χ4n) is 1.91. The van der Waals surface area contributed by atoms with Crippen molar-refractivity contribution in [1.29, 1.82) is 0 Å². The molecule has 1 saturated carbocycles. The van der Waals surface area contributed by atoms with Crippen LogP contribution in [-0.4, -0.2) is 11.3 Å². The lowest BCUT2D eigenvalue weighted by atomic mass is 9.96. The van der Waals surface area contributed by atoms with Crippen LogP contribution in [0.3, 0.4) is 0 Å². The first-order chi connectivity index (χ1) is 6.86. The molecule has 2 heteroatoms. The molecule has 14 heavy (non-hydrogen) atoms. The summed E-state index contributed by atoms with van der Waals surface area (Å²) in [6.45, 7) is 0. The highest BCUT2D eigenvalue weighted by Crippen LogP contribution is 2.33. The fraction of sp³-hybridized carbons (Fsp3) is 0.500. The van der Waals surface area contributed by atoms with E-state index >= 15 is 0 Å². The molecule has 1 radical (unpaired) electrons. The van der Waals surface area contributed by atoms with Gasteiger partial charge in [-0.2, -0.15) is 0 Å². The molecule has 1 aliphatic rings. The highest BCUT2D eigenvalue weighted by atomic mass is 32.2. The van der Waals surface area contributed by atoms with Crippen molar-refractivity contribution in [3.8, 4) is 0 Å². The minimum Gasteiger partial charge on any atom is -0.253 e. The summed E-state index contributed by atoms with van der Waals surface area (Å²) in [5, 5.41) is 0.520. The van der Waals surface area contributed by atoms with E-state index in [2.05, 4.69) is 24.3 Å². The first-order valence-corrected chi connectivity index (χ1v) is 6.17. The first-order valence-electron chi connectivity index (χ1n) is 5.29. The quantitative estimate of drug-likeness (QED) is 0.727. The van der Waals surface area contributed by atoms with Crippen molar-refractivity contribution in [2.24, 2.45) is 0 Å². The molecular formula is C12H16NS. The highest BCUT2D eigenvalue weighted by molar-refractivity contribution is 8.00. The van der Waals surface area contributed by atoms with Crippen LogP contribution in [0.5, 0.6) is 0 Å². The van der Waals surface area contributed by atoms with Crippen LogP contribution in [0.2, 0.25) is 0 Å². The third-order valence-corrected chi connectivity index (χ3v) is 4.14. The molecule has 0 aliphatic heterocycles. The zero-order valence-corrected chi connectivity index (χ0v) is 9.09. The summed E-state index contributed by atoms with van der Waals surface area (Å²) in [5.74, 6) is 0. The lowest BCUT2D eigenvalue weighted by Gasteiger charge is -2.27. The Morgan fingerprint density at radius 1 is 1.07 bits per heavy atom. The molecule has 0 saturated heterocycles. The molecule has 1 N–H and O–H groups in total. The summed E-state index contributed by atoms with van der Waals surface area (Å²) in [7, 11) is 0. The molecule has 0 aromatic heterocycles. The number of nitrogens with one attached hydrogen (secondary N) is 1. The zero-order chi connectivity index (χ0) is 9.80. The average Bonchev–Trinajstić information content (AvgIpc) is 2.23. The maximum Gasteiger partial charge on any atom is 0.0335 e. The lowest BCUT2D eigenvalue weighted by molar-refractivity contribution is 0.444. The van der Waals surface area contributed by atoms with Crippen LogP contribution in [0.1, 0.15) is 25.7 Å². The van der Waals surface area contributed by atoms with Gasteiger partial charge in [0.25, 0.3) is 0 Å². The molecule has 1 aliphatic carbocycles. The number of rotatable bonds is 2. The molecule has 0 amide bonds. The summed E-state index contributed by atoms with van der Waals surface area (Å²) >= 11 is 1.89. The standard InChI is InChI=1S/C12H16NS/c13-11-8-4-5-9-12(11)14-10-6-2-1-3-7-10/h1-3,6-7,11-13H,4-5,8-9H2/t11-,12+/m0/s1. The number of hydrogen-bond acceptors (Lipinski definition) is 1. The van der Waals surface area contributed by atoms with Crippen molar-refractivity contribution in [3.63, 3.8) is 0 Å². The molecule has 0 unspecified atom stereocenters. The highest BCUT2D eigenvalue weighted by Gasteiger charge is 2.22. The van der Waals surface area contributed by atoms with Crippen LogP contribution in [0.4, 0.5) is 0 Å². The summed E-state index contributed by atoms with van der Waals surface area (Å²) in [5.41, 5.74) is 7.96. The Kier molecular flexibility index (Phi) is 3.49. The van der Waals surface area contributed by atoms with E-state index in [1.807, 2.05) is 17.8 Å². The zero-order valence-electron chi connectivity index (χ0n) is 8.28. The van der Waals surface area contributed by atoms with Crippen molar-refractivity contribution in [2.75, 3.05) is 0 Å². The Bertz CT molecular complexity index is 273. The molecule has 75 valence electrons. The second-order valence-electron chi connectivity index (χ2n) is 3.86. The van der Waals surface area contributed by atoms with Gasteiger partial charge in [0.1, 0.15) is 0 Å².